The van der Waals surface area contributed by atoms with Crippen LogP contribution in [0.2, 0.25) is 0 Å². The number of carbonyl (C=O) groups is 2. The van der Waals surface area contributed by atoms with E-state index in [9.17, 15) is 26.4 Å². The lowest BCUT2D eigenvalue weighted by Gasteiger charge is -2.31. The first-order chi connectivity index (χ1) is 14.0. The highest BCUT2D eigenvalue weighted by molar-refractivity contribution is 7.94. The quantitative estimate of drug-likeness (QED) is 0.692. The molecule has 1 unspecified atom stereocenters. The summed E-state index contributed by atoms with van der Waals surface area (Å²) in [6, 6.07) is 4.84. The van der Waals surface area contributed by atoms with E-state index in [0.717, 1.165) is 4.31 Å². The highest BCUT2D eigenvalue weighted by Crippen LogP contribution is 2.29. The fraction of sp³-hybridized carbons (Fsp3) is 0.556. The van der Waals surface area contributed by atoms with E-state index in [1.807, 2.05) is 0 Å². The maximum atomic E-state index is 12.7. The van der Waals surface area contributed by atoms with Crippen LogP contribution in [-0.4, -0.2) is 65.2 Å². The Kier molecular flexibility index (Phi) is 6.39. The third kappa shape index (κ3) is 4.60. The van der Waals surface area contributed by atoms with Gasteiger partial charge in [0.1, 0.15) is 0 Å². The van der Waals surface area contributed by atoms with Gasteiger partial charge in [0.15, 0.2) is 0 Å². The van der Waals surface area contributed by atoms with Gasteiger partial charge in [0, 0.05) is 19.1 Å². The van der Waals surface area contributed by atoms with Crippen LogP contribution in [0.4, 0.5) is 10.5 Å². The molecule has 10 nitrogen and oxygen atoms in total. The second-order valence-electron chi connectivity index (χ2n) is 7.36. The van der Waals surface area contributed by atoms with E-state index < -0.39 is 38.0 Å². The summed E-state index contributed by atoms with van der Waals surface area (Å²) < 4.78 is 58.0. The molecule has 2 aliphatic rings. The average molecular weight is 460 g/mol. The lowest BCUT2D eigenvalue weighted by Crippen LogP contribution is -2.46. The standard InChI is InChI=1S/C18H25N3O7S2/c1-3-28-18(23)20-10-8-14(9-11-20)19-30(26,27)16-6-4-15(5-7-16)21-17(22)13(2)12-29(21,24)25/h4-7,13-14,19H,3,8-12H2,1-2H3. The summed E-state index contributed by atoms with van der Waals surface area (Å²) in [4.78, 5) is 25.4. The van der Waals surface area contributed by atoms with Crippen molar-refractivity contribution in [3.8, 4) is 0 Å². The van der Waals surface area contributed by atoms with E-state index in [4.69, 9.17) is 4.74 Å². The second-order valence-corrected chi connectivity index (χ2v) is 10.9. The number of rotatable bonds is 5. The summed E-state index contributed by atoms with van der Waals surface area (Å²) in [6.45, 7) is 4.32. The Bertz CT molecular complexity index is 1010. The smallest absolute Gasteiger partial charge is 0.409 e. The molecule has 0 aliphatic carbocycles. The Morgan fingerprint density at radius 2 is 1.80 bits per heavy atom. The van der Waals surface area contributed by atoms with Gasteiger partial charge in [-0.05, 0) is 44.0 Å². The maximum Gasteiger partial charge on any atom is 0.409 e. The van der Waals surface area contributed by atoms with Crippen molar-refractivity contribution in [3.63, 3.8) is 0 Å². The van der Waals surface area contributed by atoms with Gasteiger partial charge in [-0.3, -0.25) is 4.79 Å². The zero-order valence-corrected chi connectivity index (χ0v) is 18.4. The van der Waals surface area contributed by atoms with Crippen molar-refractivity contribution < 1.29 is 31.2 Å². The Balaban J connectivity index is 1.66. The van der Waals surface area contributed by atoms with E-state index in [0.29, 0.717) is 25.9 Å². The van der Waals surface area contributed by atoms with E-state index in [2.05, 4.69) is 4.72 Å². The summed E-state index contributed by atoms with van der Waals surface area (Å²) in [5.41, 5.74) is 0.117. The van der Waals surface area contributed by atoms with Gasteiger partial charge in [0.05, 0.1) is 28.9 Å². The number of benzene rings is 1. The van der Waals surface area contributed by atoms with Gasteiger partial charge in [-0.15, -0.1) is 0 Å². The number of carbonyl (C=O) groups excluding carboxylic acids is 2. The molecule has 0 radical (unpaired) electrons. The van der Waals surface area contributed by atoms with Crippen LogP contribution in [0.3, 0.4) is 0 Å². The molecule has 1 aromatic rings. The fourth-order valence-electron chi connectivity index (χ4n) is 3.53. The minimum atomic E-state index is -3.84. The molecule has 166 valence electrons. The molecule has 30 heavy (non-hydrogen) atoms. The third-order valence-corrected chi connectivity index (χ3v) is 8.49. The maximum absolute atomic E-state index is 12.7. The highest BCUT2D eigenvalue weighted by Gasteiger charge is 2.42. The predicted octanol–water partition coefficient (Wildman–Crippen LogP) is 0.898. The molecule has 1 aromatic carbocycles. The number of ether oxygens (including phenoxy) is 1. The van der Waals surface area contributed by atoms with Crippen LogP contribution >= 0.6 is 0 Å². The molecule has 0 aromatic heterocycles. The zero-order valence-electron chi connectivity index (χ0n) is 16.8. The molecule has 0 saturated carbocycles. The number of nitrogens with one attached hydrogen (secondary N) is 1. The lowest BCUT2D eigenvalue weighted by molar-refractivity contribution is -0.119. The molecule has 0 bridgehead atoms. The average Bonchev–Trinajstić information content (AvgIpc) is 2.89. The SMILES string of the molecule is CCOC(=O)N1CCC(NS(=O)(=O)c2ccc(N3C(=O)C(C)CS3(=O)=O)cc2)CC1. The largest absolute Gasteiger partial charge is 0.450 e. The number of amides is 2. The molecule has 2 fully saturated rings. The van der Waals surface area contributed by atoms with Crippen LogP contribution < -0.4 is 9.03 Å². The van der Waals surface area contributed by atoms with Gasteiger partial charge in [-0.2, -0.15) is 0 Å². The van der Waals surface area contributed by atoms with Crippen LogP contribution in [-0.2, 0) is 29.6 Å². The molecule has 12 heteroatoms. The molecule has 3 rings (SSSR count). The lowest BCUT2D eigenvalue weighted by atomic mass is 10.1. The number of sulfonamides is 2. The monoisotopic (exact) mass is 459 g/mol. The van der Waals surface area contributed by atoms with E-state index in [1.54, 1.807) is 6.92 Å². The summed E-state index contributed by atoms with van der Waals surface area (Å²) in [7, 11) is -7.59. The second kappa shape index (κ2) is 8.52. The van der Waals surface area contributed by atoms with Gasteiger partial charge in [0.2, 0.25) is 26.0 Å². The van der Waals surface area contributed by atoms with Gasteiger partial charge in [-0.25, -0.2) is 30.7 Å². The van der Waals surface area contributed by atoms with Gasteiger partial charge >= 0.3 is 6.09 Å². The number of likely N-dealkylation sites (tertiary alicyclic amines) is 1. The van der Waals surface area contributed by atoms with Crippen molar-refractivity contribution in [1.82, 2.24) is 9.62 Å². The number of nitrogens with zero attached hydrogens (tertiary/aromatic N) is 2. The van der Waals surface area contributed by atoms with Crippen LogP contribution in [0.25, 0.3) is 0 Å². The zero-order chi connectivity index (χ0) is 22.1. The van der Waals surface area contributed by atoms with Crippen molar-refractivity contribution in [2.24, 2.45) is 5.92 Å². The Morgan fingerprint density at radius 3 is 2.30 bits per heavy atom. The van der Waals surface area contributed by atoms with E-state index in [-0.39, 0.29) is 29.0 Å². The Morgan fingerprint density at radius 1 is 1.20 bits per heavy atom. The first kappa shape index (κ1) is 22.5. The fourth-order valence-corrected chi connectivity index (χ4v) is 6.66. The normalized spacial score (nSPS) is 22.3. The number of anilines is 1. The molecule has 2 aliphatic heterocycles. The van der Waals surface area contributed by atoms with Crippen molar-refractivity contribution in [2.75, 3.05) is 29.8 Å². The van der Waals surface area contributed by atoms with Crippen LogP contribution in [0.5, 0.6) is 0 Å². The van der Waals surface area contributed by atoms with Gasteiger partial charge in [0.25, 0.3) is 0 Å². The van der Waals surface area contributed by atoms with Crippen molar-refractivity contribution in [1.29, 1.82) is 0 Å². The minimum absolute atomic E-state index is 0.0313. The van der Waals surface area contributed by atoms with Crippen LogP contribution in [0, 0.1) is 5.92 Å². The van der Waals surface area contributed by atoms with Crippen molar-refractivity contribution in [3.05, 3.63) is 24.3 Å². The van der Waals surface area contributed by atoms with Crippen LogP contribution in [0.15, 0.2) is 29.2 Å². The Labute approximate surface area is 176 Å². The minimum Gasteiger partial charge on any atom is -0.450 e. The molecule has 2 heterocycles. The summed E-state index contributed by atoms with van der Waals surface area (Å²) in [5.74, 6) is -1.43. The third-order valence-electron chi connectivity index (χ3n) is 5.08. The molecule has 1 N–H and O–H groups in total. The predicted molar refractivity (Wildman–Crippen MR) is 109 cm³/mol. The number of hydrogen-bond acceptors (Lipinski definition) is 7. The molecule has 2 saturated heterocycles. The molecule has 2 amide bonds. The van der Waals surface area contributed by atoms with Crippen molar-refractivity contribution in [2.45, 2.75) is 37.6 Å². The van der Waals surface area contributed by atoms with E-state index in [1.165, 1.54) is 36.1 Å². The first-order valence-electron chi connectivity index (χ1n) is 9.66. The first-order valence-corrected chi connectivity index (χ1v) is 12.8. The molecular weight excluding hydrogens is 434 g/mol. The Hall–Kier alpha value is -2.18. The summed E-state index contributed by atoms with van der Waals surface area (Å²) in [6.07, 6.45) is 0.499. The van der Waals surface area contributed by atoms with E-state index >= 15 is 0 Å². The van der Waals surface area contributed by atoms with Gasteiger partial charge in [-0.1, -0.05) is 6.92 Å². The van der Waals surface area contributed by atoms with Crippen LogP contribution in [0.1, 0.15) is 26.7 Å². The summed E-state index contributed by atoms with van der Waals surface area (Å²) in [5, 5.41) is 0. The number of hydrogen-bond donors (Lipinski definition) is 1. The summed E-state index contributed by atoms with van der Waals surface area (Å²) >= 11 is 0. The molecule has 1 atom stereocenters. The number of piperidine rings is 1. The van der Waals surface area contributed by atoms with Gasteiger partial charge < -0.3 is 9.64 Å². The molecule has 0 spiro atoms. The molecular formula is C18H25N3O7S2. The van der Waals surface area contributed by atoms with Crippen molar-refractivity contribution >= 4 is 37.7 Å². The highest BCUT2D eigenvalue weighted by atomic mass is 32.2. The topological polar surface area (TPSA) is 130 Å².